The summed E-state index contributed by atoms with van der Waals surface area (Å²) in [6.45, 7) is 1.45. The summed E-state index contributed by atoms with van der Waals surface area (Å²) in [4.78, 5) is 26.4. The molecule has 2 aromatic heterocycles. The first-order chi connectivity index (χ1) is 11.5. The van der Waals surface area contributed by atoms with Gasteiger partial charge in [-0.05, 0) is 24.6 Å². The molecule has 2 heterocycles. The number of hydrogen-bond acceptors (Lipinski definition) is 4. The van der Waals surface area contributed by atoms with Gasteiger partial charge in [0.05, 0.1) is 4.88 Å². The van der Waals surface area contributed by atoms with E-state index < -0.39 is 42.6 Å². The van der Waals surface area contributed by atoms with Crippen LogP contribution in [-0.4, -0.2) is 34.4 Å². The maximum absolute atomic E-state index is 12.7. The van der Waals surface area contributed by atoms with Gasteiger partial charge in [-0.2, -0.15) is 13.2 Å². The fourth-order valence-electron chi connectivity index (χ4n) is 2.10. The van der Waals surface area contributed by atoms with Crippen molar-refractivity contribution in [3.8, 4) is 0 Å². The molecule has 0 aromatic carbocycles. The Hall–Kier alpha value is -2.30. The number of fused-ring (bicyclic) bond motifs is 1. The van der Waals surface area contributed by atoms with Crippen molar-refractivity contribution >= 4 is 33.4 Å². The standard InChI is InChI=1S/C14H11F5N2O3S/c1-5-6-2-3-8(14(17,18)19)21-12(6)25-10(5)11(22)20-7(13(23)24)4-9(15)16/h2-3,7,9H,4H2,1H3,(H,20,22)(H,23,24). The number of rotatable bonds is 5. The van der Waals surface area contributed by atoms with E-state index >= 15 is 0 Å². The lowest BCUT2D eigenvalue weighted by Gasteiger charge is -2.13. The molecule has 2 aromatic rings. The number of carbonyl (C=O) groups excluding carboxylic acids is 1. The van der Waals surface area contributed by atoms with Crippen LogP contribution in [0.15, 0.2) is 12.1 Å². The average molecular weight is 382 g/mol. The van der Waals surface area contributed by atoms with E-state index in [9.17, 15) is 31.5 Å². The highest BCUT2D eigenvalue weighted by Crippen LogP contribution is 2.34. The van der Waals surface area contributed by atoms with Crippen LogP contribution >= 0.6 is 11.3 Å². The molecule has 0 radical (unpaired) electrons. The van der Waals surface area contributed by atoms with E-state index in [1.807, 2.05) is 5.32 Å². The molecule has 136 valence electrons. The van der Waals surface area contributed by atoms with Crippen molar-refractivity contribution in [1.29, 1.82) is 0 Å². The van der Waals surface area contributed by atoms with E-state index in [2.05, 4.69) is 4.98 Å². The zero-order chi connectivity index (χ0) is 18.9. The van der Waals surface area contributed by atoms with Gasteiger partial charge in [0.2, 0.25) is 6.43 Å². The van der Waals surface area contributed by atoms with Gasteiger partial charge in [0.1, 0.15) is 16.6 Å². The first kappa shape index (κ1) is 19.0. The molecule has 0 aliphatic carbocycles. The van der Waals surface area contributed by atoms with E-state index in [4.69, 9.17) is 5.11 Å². The highest BCUT2D eigenvalue weighted by Gasteiger charge is 2.33. The van der Waals surface area contributed by atoms with Crippen LogP contribution in [0.5, 0.6) is 0 Å². The summed E-state index contributed by atoms with van der Waals surface area (Å²) >= 11 is 0.631. The minimum atomic E-state index is -4.65. The van der Waals surface area contributed by atoms with E-state index in [1.54, 1.807) is 0 Å². The van der Waals surface area contributed by atoms with Crippen LogP contribution in [0.1, 0.15) is 27.3 Å². The minimum Gasteiger partial charge on any atom is -0.480 e. The Bertz CT molecular complexity index is 819. The van der Waals surface area contributed by atoms with Crippen LogP contribution in [0, 0.1) is 6.92 Å². The Morgan fingerprint density at radius 1 is 1.32 bits per heavy atom. The van der Waals surface area contributed by atoms with Gasteiger partial charge in [0.25, 0.3) is 5.91 Å². The molecule has 1 atom stereocenters. The summed E-state index contributed by atoms with van der Waals surface area (Å²) in [6, 6.07) is 0.109. The molecule has 5 nitrogen and oxygen atoms in total. The van der Waals surface area contributed by atoms with Crippen molar-refractivity contribution in [3.05, 3.63) is 28.3 Å². The van der Waals surface area contributed by atoms with Crippen molar-refractivity contribution in [3.63, 3.8) is 0 Å². The van der Waals surface area contributed by atoms with Gasteiger partial charge in [-0.15, -0.1) is 11.3 Å². The topological polar surface area (TPSA) is 79.3 Å². The highest BCUT2D eigenvalue weighted by atomic mass is 32.1. The summed E-state index contributed by atoms with van der Waals surface area (Å²) in [5.41, 5.74) is -0.839. The molecule has 0 aliphatic heterocycles. The molecule has 0 spiro atoms. The molecule has 0 saturated heterocycles. The quantitative estimate of drug-likeness (QED) is 0.777. The molecule has 1 amide bonds. The SMILES string of the molecule is Cc1c(C(=O)NC(CC(F)F)C(=O)O)sc2nc(C(F)(F)F)ccc12. The van der Waals surface area contributed by atoms with Crippen LogP contribution < -0.4 is 5.32 Å². The number of amides is 1. The fourth-order valence-corrected chi connectivity index (χ4v) is 3.18. The second kappa shape index (κ2) is 6.90. The molecule has 0 fully saturated rings. The van der Waals surface area contributed by atoms with Crippen molar-refractivity contribution < 1.29 is 36.6 Å². The summed E-state index contributed by atoms with van der Waals surface area (Å²) in [6.07, 6.45) is -8.68. The summed E-state index contributed by atoms with van der Waals surface area (Å²) < 4.78 is 62.8. The maximum Gasteiger partial charge on any atom is 0.433 e. The van der Waals surface area contributed by atoms with Crippen LogP contribution in [0.4, 0.5) is 22.0 Å². The number of hydrogen-bond donors (Lipinski definition) is 2. The summed E-state index contributed by atoms with van der Waals surface area (Å²) in [5.74, 6) is -2.59. The lowest BCUT2D eigenvalue weighted by atomic mass is 10.1. The van der Waals surface area contributed by atoms with Gasteiger partial charge in [-0.25, -0.2) is 18.6 Å². The lowest BCUT2D eigenvalue weighted by Crippen LogP contribution is -2.41. The molecular formula is C14H11F5N2O3S. The van der Waals surface area contributed by atoms with Gasteiger partial charge in [-0.3, -0.25) is 4.79 Å². The molecule has 2 N–H and O–H groups in total. The van der Waals surface area contributed by atoms with Gasteiger partial charge < -0.3 is 10.4 Å². The monoisotopic (exact) mass is 382 g/mol. The zero-order valence-electron chi connectivity index (χ0n) is 12.5. The van der Waals surface area contributed by atoms with Crippen molar-refractivity contribution in [1.82, 2.24) is 10.3 Å². The number of halogens is 5. The predicted molar refractivity (Wildman–Crippen MR) is 78.9 cm³/mol. The smallest absolute Gasteiger partial charge is 0.433 e. The third kappa shape index (κ3) is 4.21. The normalized spacial score (nSPS) is 13.2. The summed E-state index contributed by atoms with van der Waals surface area (Å²) in [7, 11) is 0. The molecule has 2 rings (SSSR count). The average Bonchev–Trinajstić information content (AvgIpc) is 2.82. The Labute approximate surface area is 141 Å². The molecule has 11 heteroatoms. The lowest BCUT2D eigenvalue weighted by molar-refractivity contribution is -0.141. The molecule has 0 bridgehead atoms. The molecule has 1 unspecified atom stereocenters. The van der Waals surface area contributed by atoms with Crippen molar-refractivity contribution in [2.75, 3.05) is 0 Å². The van der Waals surface area contributed by atoms with Crippen molar-refractivity contribution in [2.45, 2.75) is 32.0 Å². The first-order valence-electron chi connectivity index (χ1n) is 6.80. The van der Waals surface area contributed by atoms with Gasteiger partial charge in [0.15, 0.2) is 0 Å². The first-order valence-corrected chi connectivity index (χ1v) is 7.61. The number of alkyl halides is 5. The Morgan fingerprint density at radius 3 is 2.48 bits per heavy atom. The molecule has 0 aliphatic rings. The Morgan fingerprint density at radius 2 is 1.96 bits per heavy atom. The number of carbonyl (C=O) groups is 2. The van der Waals surface area contributed by atoms with Crippen LogP contribution in [0.2, 0.25) is 0 Å². The van der Waals surface area contributed by atoms with E-state index in [1.165, 1.54) is 6.92 Å². The predicted octanol–water partition coefficient (Wildman–Crippen LogP) is 3.46. The fraction of sp³-hybridized carbons (Fsp3) is 0.357. The number of aryl methyl sites for hydroxylation is 1. The van der Waals surface area contributed by atoms with Crippen molar-refractivity contribution in [2.24, 2.45) is 0 Å². The number of pyridine rings is 1. The number of nitrogens with zero attached hydrogens (tertiary/aromatic N) is 1. The number of aliphatic carboxylic acids is 1. The Balaban J connectivity index is 2.35. The third-order valence-electron chi connectivity index (χ3n) is 3.32. The van der Waals surface area contributed by atoms with Crippen LogP contribution in [-0.2, 0) is 11.0 Å². The van der Waals surface area contributed by atoms with Gasteiger partial charge in [0, 0.05) is 11.8 Å². The second-order valence-electron chi connectivity index (χ2n) is 5.09. The van der Waals surface area contributed by atoms with E-state index in [-0.39, 0.29) is 9.71 Å². The Kier molecular flexibility index (Phi) is 5.26. The van der Waals surface area contributed by atoms with E-state index in [0.29, 0.717) is 22.3 Å². The number of carboxylic acid groups (broad SMARTS) is 1. The van der Waals surface area contributed by atoms with Crippen LogP contribution in [0.25, 0.3) is 10.2 Å². The number of thiophene rings is 1. The minimum absolute atomic E-state index is 0.0572. The molecular weight excluding hydrogens is 371 g/mol. The molecule has 25 heavy (non-hydrogen) atoms. The molecule has 0 saturated carbocycles. The second-order valence-corrected chi connectivity index (χ2v) is 6.09. The number of carboxylic acids is 1. The highest BCUT2D eigenvalue weighted by molar-refractivity contribution is 7.20. The van der Waals surface area contributed by atoms with Gasteiger partial charge >= 0.3 is 12.1 Å². The summed E-state index contributed by atoms with van der Waals surface area (Å²) in [5, 5.41) is 11.1. The third-order valence-corrected chi connectivity index (χ3v) is 4.52. The maximum atomic E-state index is 12.7. The van der Waals surface area contributed by atoms with Crippen LogP contribution in [0.3, 0.4) is 0 Å². The number of aromatic nitrogens is 1. The zero-order valence-corrected chi connectivity index (χ0v) is 13.3. The van der Waals surface area contributed by atoms with E-state index in [0.717, 1.165) is 12.1 Å². The number of nitrogens with one attached hydrogen (secondary N) is 1. The van der Waals surface area contributed by atoms with Gasteiger partial charge in [-0.1, -0.05) is 0 Å². The largest absolute Gasteiger partial charge is 0.480 e.